The summed E-state index contributed by atoms with van der Waals surface area (Å²) in [7, 11) is 0. The molecule has 28 heavy (non-hydrogen) atoms. The van der Waals surface area contributed by atoms with Crippen molar-refractivity contribution >= 4 is 40.0 Å². The quantitative estimate of drug-likeness (QED) is 0.527. The lowest BCUT2D eigenvalue weighted by Gasteiger charge is -2.17. The third-order valence-corrected chi connectivity index (χ3v) is 5.68. The third-order valence-electron chi connectivity index (χ3n) is 5.29. The lowest BCUT2D eigenvalue weighted by atomic mass is 10.1. The molecule has 6 nitrogen and oxygen atoms in total. The highest BCUT2D eigenvalue weighted by atomic mass is 32.1. The number of rotatable bonds is 2. The minimum atomic E-state index is -0.237. The standard InChI is InChI=1S/C21H19N5OS/c1-13-22-18-17(19(27)24-21(23-18)25-10-4-5-11-25)20(28)26(13)16-9-8-14-6-2-3-7-15(14)12-16/h2-3,6-9,12H,4-5,10-11H2,1H3,(H,23,24,27). The summed E-state index contributed by atoms with van der Waals surface area (Å²) >= 11 is 5.70. The first-order chi connectivity index (χ1) is 13.6. The number of benzene rings is 2. The van der Waals surface area contributed by atoms with Gasteiger partial charge in [0.05, 0.1) is 0 Å². The molecule has 0 atom stereocenters. The van der Waals surface area contributed by atoms with Gasteiger partial charge in [-0.2, -0.15) is 4.98 Å². The van der Waals surface area contributed by atoms with Crippen molar-refractivity contribution < 1.29 is 0 Å². The molecule has 2 aromatic carbocycles. The van der Waals surface area contributed by atoms with Gasteiger partial charge in [0, 0.05) is 18.8 Å². The first kappa shape index (κ1) is 17.1. The maximum Gasteiger partial charge on any atom is 0.264 e. The van der Waals surface area contributed by atoms with Crippen LogP contribution in [0.15, 0.2) is 47.3 Å². The molecular formula is C21H19N5OS. The van der Waals surface area contributed by atoms with Gasteiger partial charge in [0.1, 0.15) is 15.9 Å². The van der Waals surface area contributed by atoms with E-state index in [0.29, 0.717) is 27.4 Å². The molecule has 140 valence electrons. The molecule has 0 amide bonds. The number of aromatic amines is 1. The van der Waals surface area contributed by atoms with Crippen molar-refractivity contribution in [1.29, 1.82) is 0 Å². The summed E-state index contributed by atoms with van der Waals surface area (Å²) in [5.41, 5.74) is 1.06. The second-order valence-corrected chi connectivity index (χ2v) is 7.50. The fourth-order valence-electron chi connectivity index (χ4n) is 3.88. The predicted octanol–water partition coefficient (Wildman–Crippen LogP) is 3.90. The smallest absolute Gasteiger partial charge is 0.264 e. The van der Waals surface area contributed by atoms with Crippen LogP contribution in [0.5, 0.6) is 0 Å². The van der Waals surface area contributed by atoms with Crippen molar-refractivity contribution in [2.24, 2.45) is 0 Å². The Balaban J connectivity index is 1.73. The predicted molar refractivity (Wildman–Crippen MR) is 114 cm³/mol. The van der Waals surface area contributed by atoms with Gasteiger partial charge >= 0.3 is 0 Å². The summed E-state index contributed by atoms with van der Waals surface area (Å²) in [6, 6.07) is 14.3. The number of aryl methyl sites for hydroxylation is 1. The van der Waals surface area contributed by atoms with E-state index in [1.165, 1.54) is 0 Å². The van der Waals surface area contributed by atoms with E-state index >= 15 is 0 Å². The van der Waals surface area contributed by atoms with E-state index in [0.717, 1.165) is 42.4 Å². The Hall–Kier alpha value is -3.06. The number of nitrogens with zero attached hydrogens (tertiary/aromatic N) is 4. The first-order valence-corrected chi connectivity index (χ1v) is 9.80. The van der Waals surface area contributed by atoms with Crippen LogP contribution in [0, 0.1) is 11.6 Å². The monoisotopic (exact) mass is 389 g/mol. The Labute approximate surface area is 166 Å². The molecule has 5 rings (SSSR count). The van der Waals surface area contributed by atoms with Crippen LogP contribution >= 0.6 is 12.2 Å². The Kier molecular flexibility index (Phi) is 3.98. The Morgan fingerprint density at radius 1 is 1.04 bits per heavy atom. The number of hydrogen-bond donors (Lipinski definition) is 1. The molecule has 1 fully saturated rings. The number of aromatic nitrogens is 4. The summed E-state index contributed by atoms with van der Waals surface area (Å²) in [5, 5.41) is 2.62. The molecule has 0 saturated carbocycles. The van der Waals surface area contributed by atoms with Crippen LogP contribution in [0.1, 0.15) is 18.7 Å². The average molecular weight is 389 g/mol. The highest BCUT2D eigenvalue weighted by Gasteiger charge is 2.18. The molecular weight excluding hydrogens is 370 g/mol. The van der Waals surface area contributed by atoms with Gasteiger partial charge in [0.15, 0.2) is 5.65 Å². The minimum Gasteiger partial charge on any atom is -0.342 e. The normalized spacial score (nSPS) is 14.2. The minimum absolute atomic E-state index is 0.237. The second-order valence-electron chi connectivity index (χ2n) is 7.11. The molecule has 4 aromatic rings. The van der Waals surface area contributed by atoms with Gasteiger partial charge in [-0.15, -0.1) is 0 Å². The van der Waals surface area contributed by atoms with Crippen LogP contribution in [0.2, 0.25) is 0 Å². The van der Waals surface area contributed by atoms with Crippen LogP contribution in [0.3, 0.4) is 0 Å². The molecule has 1 aliphatic heterocycles. The molecule has 3 heterocycles. The fourth-order valence-corrected chi connectivity index (χ4v) is 4.31. The molecule has 0 spiro atoms. The molecule has 2 aromatic heterocycles. The number of anilines is 1. The molecule has 1 aliphatic rings. The lowest BCUT2D eigenvalue weighted by Crippen LogP contribution is -2.25. The van der Waals surface area contributed by atoms with Crippen LogP contribution in [-0.2, 0) is 0 Å². The van der Waals surface area contributed by atoms with Crippen molar-refractivity contribution in [1.82, 2.24) is 19.5 Å². The maximum absolute atomic E-state index is 12.8. The molecule has 1 N–H and O–H groups in total. The zero-order valence-corrected chi connectivity index (χ0v) is 16.3. The van der Waals surface area contributed by atoms with Gasteiger partial charge in [-0.05, 0) is 42.7 Å². The molecule has 7 heteroatoms. The summed E-state index contributed by atoms with van der Waals surface area (Å²) in [4.78, 5) is 27.1. The largest absolute Gasteiger partial charge is 0.342 e. The summed E-state index contributed by atoms with van der Waals surface area (Å²) < 4.78 is 2.27. The van der Waals surface area contributed by atoms with Crippen LogP contribution in [-0.4, -0.2) is 32.6 Å². The van der Waals surface area contributed by atoms with Gasteiger partial charge in [0.2, 0.25) is 5.95 Å². The van der Waals surface area contributed by atoms with Gasteiger partial charge in [-0.1, -0.05) is 42.5 Å². The van der Waals surface area contributed by atoms with Crippen molar-refractivity contribution in [3.63, 3.8) is 0 Å². The van der Waals surface area contributed by atoms with E-state index in [2.05, 4.69) is 44.1 Å². The third kappa shape index (κ3) is 2.70. The van der Waals surface area contributed by atoms with E-state index in [9.17, 15) is 4.79 Å². The van der Waals surface area contributed by atoms with E-state index in [-0.39, 0.29) is 5.56 Å². The summed E-state index contributed by atoms with van der Waals surface area (Å²) in [6.45, 7) is 3.69. The Morgan fingerprint density at radius 3 is 2.57 bits per heavy atom. The maximum atomic E-state index is 12.8. The molecule has 0 aliphatic carbocycles. The number of nitrogens with one attached hydrogen (secondary N) is 1. The molecule has 0 bridgehead atoms. The first-order valence-electron chi connectivity index (χ1n) is 9.39. The van der Waals surface area contributed by atoms with Crippen LogP contribution in [0.25, 0.3) is 27.5 Å². The highest BCUT2D eigenvalue weighted by molar-refractivity contribution is 7.71. The molecule has 0 unspecified atom stereocenters. The fraction of sp³-hybridized carbons (Fsp3) is 0.238. The second kappa shape index (κ2) is 6.53. The van der Waals surface area contributed by atoms with Crippen molar-refractivity contribution in [2.45, 2.75) is 19.8 Å². The van der Waals surface area contributed by atoms with Crippen molar-refractivity contribution in [3.05, 3.63) is 63.3 Å². The van der Waals surface area contributed by atoms with E-state index in [4.69, 9.17) is 12.2 Å². The SMILES string of the molecule is Cc1nc2nc(N3CCCC3)[nH]c(=O)c2c(=S)n1-c1ccc2ccccc2c1. The van der Waals surface area contributed by atoms with E-state index < -0.39 is 0 Å². The van der Waals surface area contributed by atoms with E-state index in [1.807, 2.05) is 29.7 Å². The van der Waals surface area contributed by atoms with Crippen molar-refractivity contribution in [3.8, 4) is 5.69 Å². The van der Waals surface area contributed by atoms with E-state index in [1.54, 1.807) is 0 Å². The van der Waals surface area contributed by atoms with Crippen molar-refractivity contribution in [2.75, 3.05) is 18.0 Å². The average Bonchev–Trinajstić information content (AvgIpc) is 3.22. The van der Waals surface area contributed by atoms with Gasteiger partial charge in [-0.3, -0.25) is 14.3 Å². The molecule has 1 saturated heterocycles. The van der Waals surface area contributed by atoms with Crippen LogP contribution < -0.4 is 10.5 Å². The Bertz CT molecular complexity index is 1330. The number of fused-ring (bicyclic) bond motifs is 2. The topological polar surface area (TPSA) is 66.8 Å². The van der Waals surface area contributed by atoms with Gasteiger partial charge in [0.25, 0.3) is 5.56 Å². The molecule has 0 radical (unpaired) electrons. The summed E-state index contributed by atoms with van der Waals surface area (Å²) in [6.07, 6.45) is 2.22. The summed E-state index contributed by atoms with van der Waals surface area (Å²) in [5.74, 6) is 1.29. The zero-order valence-electron chi connectivity index (χ0n) is 15.5. The zero-order chi connectivity index (χ0) is 19.3. The van der Waals surface area contributed by atoms with Crippen LogP contribution in [0.4, 0.5) is 5.95 Å². The number of hydrogen-bond acceptors (Lipinski definition) is 5. The number of H-pyrrole nitrogens is 1. The highest BCUT2D eigenvalue weighted by Crippen LogP contribution is 2.22. The van der Waals surface area contributed by atoms with Gasteiger partial charge < -0.3 is 4.90 Å². The lowest BCUT2D eigenvalue weighted by molar-refractivity contribution is 0.876. The van der Waals surface area contributed by atoms with Gasteiger partial charge in [-0.25, -0.2) is 4.98 Å². The Morgan fingerprint density at radius 2 is 1.79 bits per heavy atom.